The quantitative estimate of drug-likeness (QED) is 0.485. The van der Waals surface area contributed by atoms with E-state index >= 15 is 0 Å². The highest BCUT2D eigenvalue weighted by Gasteiger charge is 2.48. The Bertz CT molecular complexity index is 1020. The van der Waals surface area contributed by atoms with E-state index < -0.39 is 0 Å². The molecule has 3 atom stereocenters. The fourth-order valence-electron chi connectivity index (χ4n) is 5.67. The molecule has 1 heterocycles. The fraction of sp³-hybridized carbons (Fsp3) is 0.393. The number of methoxy groups -OCH3 is 1. The molecule has 0 spiro atoms. The minimum absolute atomic E-state index is 0.0251. The molecular weight excluding hydrogens is 412 g/mol. The number of benzene rings is 2. The molecule has 5 nitrogen and oxygen atoms in total. The van der Waals surface area contributed by atoms with Crippen LogP contribution in [-0.4, -0.2) is 48.7 Å². The molecule has 2 aromatic carbocycles. The number of amides is 1. The van der Waals surface area contributed by atoms with Gasteiger partial charge in [-0.1, -0.05) is 30.3 Å². The van der Waals surface area contributed by atoms with Crippen LogP contribution >= 0.6 is 0 Å². The van der Waals surface area contributed by atoms with E-state index in [9.17, 15) is 9.90 Å². The number of nitrogens with one attached hydrogen (secondary N) is 1. The summed E-state index contributed by atoms with van der Waals surface area (Å²) in [4.78, 5) is 15.2. The van der Waals surface area contributed by atoms with Crippen LogP contribution in [0.25, 0.3) is 6.08 Å². The fourth-order valence-corrected chi connectivity index (χ4v) is 5.67. The van der Waals surface area contributed by atoms with Crippen molar-refractivity contribution in [2.45, 2.75) is 37.1 Å². The Labute approximate surface area is 196 Å². The summed E-state index contributed by atoms with van der Waals surface area (Å²) < 4.78 is 5.54. The Hall–Kier alpha value is -3.05. The van der Waals surface area contributed by atoms with E-state index in [1.54, 1.807) is 37.5 Å². The molecule has 0 radical (unpaired) electrons. The largest absolute Gasteiger partial charge is 0.508 e. The molecule has 4 rings (SSSR count). The lowest BCUT2D eigenvalue weighted by molar-refractivity contribution is -0.117. The van der Waals surface area contributed by atoms with Gasteiger partial charge in [0.15, 0.2) is 0 Å². The topological polar surface area (TPSA) is 61.8 Å². The van der Waals surface area contributed by atoms with E-state index in [1.165, 1.54) is 5.56 Å². The van der Waals surface area contributed by atoms with E-state index in [-0.39, 0.29) is 23.1 Å². The van der Waals surface area contributed by atoms with Crippen LogP contribution in [-0.2, 0) is 10.2 Å². The van der Waals surface area contributed by atoms with Crippen LogP contribution in [0.2, 0.25) is 0 Å². The lowest BCUT2D eigenvalue weighted by Gasteiger charge is -2.53. The molecule has 2 aromatic rings. The zero-order chi connectivity index (χ0) is 23.3. The number of hydrogen-bond acceptors (Lipinski definition) is 4. The van der Waals surface area contributed by atoms with Crippen LogP contribution in [0.5, 0.6) is 11.5 Å². The molecule has 0 bridgehead atoms. The number of rotatable bonds is 7. The first-order chi connectivity index (χ1) is 16.0. The third-order valence-corrected chi connectivity index (χ3v) is 7.28. The summed E-state index contributed by atoms with van der Waals surface area (Å²) in [5.74, 6) is 1.52. The van der Waals surface area contributed by atoms with Crippen molar-refractivity contribution in [2.24, 2.45) is 5.92 Å². The maximum atomic E-state index is 12.7. The highest BCUT2D eigenvalue weighted by Crippen LogP contribution is 2.49. The molecule has 174 valence electrons. The first-order valence-corrected chi connectivity index (χ1v) is 11.8. The number of ether oxygens (including phenoxy) is 1. The Balaban J connectivity index is 1.52. The number of phenolic OH excluding ortho intramolecular Hbond substituents is 1. The maximum Gasteiger partial charge on any atom is 0.244 e. The molecule has 2 fully saturated rings. The molecule has 2 aliphatic rings. The van der Waals surface area contributed by atoms with Crippen LogP contribution < -0.4 is 10.1 Å². The van der Waals surface area contributed by atoms with E-state index in [1.807, 2.05) is 18.2 Å². The number of hydrogen-bond donors (Lipinski definition) is 2. The van der Waals surface area contributed by atoms with Crippen molar-refractivity contribution >= 4 is 12.0 Å². The summed E-state index contributed by atoms with van der Waals surface area (Å²) in [6, 6.07) is 15.5. The number of aromatic hydroxyl groups is 1. The average molecular weight is 447 g/mol. The summed E-state index contributed by atoms with van der Waals surface area (Å²) in [7, 11) is 1.71. The zero-order valence-electron chi connectivity index (χ0n) is 19.4. The van der Waals surface area contributed by atoms with Gasteiger partial charge in [0.25, 0.3) is 0 Å². The van der Waals surface area contributed by atoms with Gasteiger partial charge in [-0.2, -0.15) is 0 Å². The van der Waals surface area contributed by atoms with Gasteiger partial charge < -0.3 is 15.2 Å². The summed E-state index contributed by atoms with van der Waals surface area (Å²) in [6.07, 6.45) is 9.33. The minimum atomic E-state index is -0.0910. The maximum absolute atomic E-state index is 12.7. The summed E-state index contributed by atoms with van der Waals surface area (Å²) in [5.41, 5.74) is 2.15. The van der Waals surface area contributed by atoms with Gasteiger partial charge in [0.2, 0.25) is 5.91 Å². The molecule has 5 heteroatoms. The van der Waals surface area contributed by atoms with Gasteiger partial charge >= 0.3 is 0 Å². The first-order valence-electron chi connectivity index (χ1n) is 11.8. The van der Waals surface area contributed by atoms with Crippen molar-refractivity contribution < 1.29 is 14.6 Å². The van der Waals surface area contributed by atoms with Crippen molar-refractivity contribution in [3.63, 3.8) is 0 Å². The Morgan fingerprint density at radius 1 is 1.27 bits per heavy atom. The minimum Gasteiger partial charge on any atom is -0.508 e. The van der Waals surface area contributed by atoms with Gasteiger partial charge in [0.1, 0.15) is 11.5 Å². The van der Waals surface area contributed by atoms with Crippen LogP contribution in [0.3, 0.4) is 0 Å². The number of carbonyl (C=O) groups excluding carboxylic acids is 1. The number of phenols is 1. The van der Waals surface area contributed by atoms with Crippen molar-refractivity contribution in [3.05, 3.63) is 78.4 Å². The second-order valence-corrected chi connectivity index (χ2v) is 9.30. The predicted molar refractivity (Wildman–Crippen MR) is 132 cm³/mol. The highest BCUT2D eigenvalue weighted by molar-refractivity contribution is 5.92. The molecule has 0 unspecified atom stereocenters. The monoisotopic (exact) mass is 446 g/mol. The second-order valence-electron chi connectivity index (χ2n) is 9.30. The molecule has 1 saturated carbocycles. The molecular formula is C28H34N2O3. The van der Waals surface area contributed by atoms with Crippen LogP contribution in [0.4, 0.5) is 0 Å². The smallest absolute Gasteiger partial charge is 0.244 e. The number of likely N-dealkylation sites (tertiary alicyclic amines) is 1. The lowest BCUT2D eigenvalue weighted by atomic mass is 9.58. The standard InChI is InChI=1S/C28H34N2O3/c1-3-15-30-16-14-28(22-7-5-9-26(18-22)33-2)19-24(12-11-23(28)20-30)29-27(32)13-10-21-6-4-8-25(31)17-21/h3-10,13,17-18,23-24,31H,1,11-12,14-16,19-20H2,2H3,(H,29,32)/t23-,24-,28+/m1/s1. The number of fused-ring (bicyclic) bond motifs is 1. The Kier molecular flexibility index (Phi) is 7.19. The van der Waals surface area contributed by atoms with Crippen molar-refractivity contribution in [2.75, 3.05) is 26.7 Å². The van der Waals surface area contributed by atoms with E-state index in [0.29, 0.717) is 5.92 Å². The lowest BCUT2D eigenvalue weighted by Crippen LogP contribution is -2.56. The number of nitrogens with zero attached hydrogens (tertiary/aromatic N) is 1. The van der Waals surface area contributed by atoms with Crippen LogP contribution in [0.1, 0.15) is 36.8 Å². The Morgan fingerprint density at radius 2 is 2.12 bits per heavy atom. The van der Waals surface area contributed by atoms with Gasteiger partial charge in [-0.15, -0.1) is 6.58 Å². The van der Waals surface area contributed by atoms with E-state index in [0.717, 1.165) is 56.6 Å². The summed E-state index contributed by atoms with van der Waals surface area (Å²) in [5, 5.41) is 12.9. The average Bonchev–Trinajstić information content (AvgIpc) is 2.83. The van der Waals surface area contributed by atoms with Gasteiger partial charge in [-0.3, -0.25) is 9.69 Å². The molecule has 1 aliphatic carbocycles. The summed E-state index contributed by atoms with van der Waals surface area (Å²) >= 11 is 0. The second kappa shape index (κ2) is 10.3. The highest BCUT2D eigenvalue weighted by atomic mass is 16.5. The van der Waals surface area contributed by atoms with Gasteiger partial charge in [-0.05, 0) is 79.6 Å². The van der Waals surface area contributed by atoms with Gasteiger partial charge in [-0.25, -0.2) is 0 Å². The molecule has 33 heavy (non-hydrogen) atoms. The van der Waals surface area contributed by atoms with Crippen LogP contribution in [0.15, 0.2) is 67.3 Å². The molecule has 1 aliphatic heterocycles. The van der Waals surface area contributed by atoms with E-state index in [2.05, 4.69) is 35.0 Å². The molecule has 1 amide bonds. The van der Waals surface area contributed by atoms with Crippen LogP contribution in [0, 0.1) is 5.92 Å². The Morgan fingerprint density at radius 3 is 2.91 bits per heavy atom. The first kappa shape index (κ1) is 23.1. The van der Waals surface area contributed by atoms with Gasteiger partial charge in [0, 0.05) is 30.6 Å². The SMILES string of the molecule is C=CCN1CC[C@@]2(c3cccc(OC)c3)C[C@H](NC(=O)C=Cc3cccc(O)c3)CC[C@@H]2C1. The van der Waals surface area contributed by atoms with E-state index in [4.69, 9.17) is 4.74 Å². The third kappa shape index (κ3) is 5.31. The van der Waals surface area contributed by atoms with Gasteiger partial charge in [0.05, 0.1) is 7.11 Å². The number of carbonyl (C=O) groups is 1. The predicted octanol–water partition coefficient (Wildman–Crippen LogP) is 4.53. The van der Waals surface area contributed by atoms with Crippen molar-refractivity contribution in [1.29, 1.82) is 0 Å². The van der Waals surface area contributed by atoms with Crippen molar-refractivity contribution in [1.82, 2.24) is 10.2 Å². The van der Waals surface area contributed by atoms with Crippen molar-refractivity contribution in [3.8, 4) is 11.5 Å². The summed E-state index contributed by atoms with van der Waals surface area (Å²) in [6.45, 7) is 6.92. The normalized spacial score (nSPS) is 25.4. The molecule has 1 saturated heterocycles. The third-order valence-electron chi connectivity index (χ3n) is 7.28. The zero-order valence-corrected chi connectivity index (χ0v) is 19.4. The number of piperidine rings is 1. The molecule has 2 N–H and O–H groups in total. The molecule has 0 aromatic heterocycles.